The van der Waals surface area contributed by atoms with E-state index in [2.05, 4.69) is 5.32 Å². The van der Waals surface area contributed by atoms with Crippen molar-refractivity contribution in [2.24, 2.45) is 7.05 Å². The van der Waals surface area contributed by atoms with Crippen LogP contribution in [0.1, 0.15) is 22.6 Å². The maximum Gasteiger partial charge on any atom is 0.330 e. The van der Waals surface area contributed by atoms with Crippen molar-refractivity contribution >= 4 is 23.6 Å². The molecule has 98 valence electrons. The van der Waals surface area contributed by atoms with Gasteiger partial charge in [0.05, 0.1) is 0 Å². The Bertz CT molecular complexity index is 490. The maximum atomic E-state index is 12.1. The molecule has 5 nitrogen and oxygen atoms in total. The van der Waals surface area contributed by atoms with Crippen LogP contribution < -0.4 is 5.32 Å². The molecule has 1 aromatic heterocycles. The average Bonchev–Trinajstić information content (AvgIpc) is 2.89. The van der Waals surface area contributed by atoms with Crippen LogP contribution in [0.4, 0.5) is 0 Å². The number of carbonyl (C=O) groups is 2. The summed E-state index contributed by atoms with van der Waals surface area (Å²) in [4.78, 5) is 23.5. The van der Waals surface area contributed by atoms with Gasteiger partial charge < -0.3 is 15.0 Å². The van der Waals surface area contributed by atoms with Crippen molar-refractivity contribution in [1.82, 2.24) is 9.88 Å². The van der Waals surface area contributed by atoms with Gasteiger partial charge >= 0.3 is 5.97 Å². The number of hydrogen-bond donors (Lipinski definition) is 2. The molecule has 2 heterocycles. The van der Waals surface area contributed by atoms with E-state index in [-0.39, 0.29) is 5.91 Å². The molecule has 2 N–H and O–H groups in total. The topological polar surface area (TPSA) is 71.3 Å². The Morgan fingerprint density at radius 3 is 2.67 bits per heavy atom. The minimum atomic E-state index is -1.11. The molecule has 1 atom stereocenters. The summed E-state index contributed by atoms with van der Waals surface area (Å²) in [7, 11) is 1.79. The van der Waals surface area contributed by atoms with Crippen molar-refractivity contribution in [2.45, 2.75) is 18.9 Å². The van der Waals surface area contributed by atoms with Crippen LogP contribution in [0.15, 0.2) is 12.1 Å². The normalized spacial score (nSPS) is 23.0. The van der Waals surface area contributed by atoms with Crippen LogP contribution in [0.25, 0.3) is 0 Å². The first-order valence-corrected chi connectivity index (χ1v) is 6.88. The molecule has 0 radical (unpaired) electrons. The Kier molecular flexibility index (Phi) is 3.38. The van der Waals surface area contributed by atoms with Crippen LogP contribution in [-0.4, -0.2) is 38.6 Å². The lowest BCUT2D eigenvalue weighted by molar-refractivity contribution is -0.143. The highest BCUT2D eigenvalue weighted by atomic mass is 32.2. The second-order valence-corrected chi connectivity index (χ2v) is 5.67. The zero-order valence-corrected chi connectivity index (χ0v) is 11.2. The lowest BCUT2D eigenvalue weighted by Gasteiger charge is -2.24. The summed E-state index contributed by atoms with van der Waals surface area (Å²) in [5.74, 6) is -0.0850. The number of nitrogens with zero attached hydrogens (tertiary/aromatic N) is 1. The molecule has 1 aromatic rings. The molecule has 0 aromatic carbocycles. The third kappa shape index (κ3) is 2.12. The van der Waals surface area contributed by atoms with E-state index in [9.17, 15) is 14.7 Å². The van der Waals surface area contributed by atoms with E-state index in [0.717, 1.165) is 11.4 Å². The van der Waals surface area contributed by atoms with Gasteiger partial charge in [-0.1, -0.05) is 0 Å². The highest BCUT2D eigenvalue weighted by molar-refractivity contribution is 7.99. The van der Waals surface area contributed by atoms with Gasteiger partial charge in [-0.3, -0.25) is 4.79 Å². The van der Waals surface area contributed by atoms with Crippen molar-refractivity contribution in [2.75, 3.05) is 11.5 Å². The fourth-order valence-electron chi connectivity index (χ4n) is 2.01. The van der Waals surface area contributed by atoms with Crippen LogP contribution in [0.2, 0.25) is 0 Å². The molecule has 1 aliphatic heterocycles. The zero-order valence-electron chi connectivity index (χ0n) is 10.4. The Morgan fingerprint density at radius 1 is 1.50 bits per heavy atom. The van der Waals surface area contributed by atoms with Crippen LogP contribution >= 0.6 is 11.8 Å². The van der Waals surface area contributed by atoms with Gasteiger partial charge in [-0.05, 0) is 31.2 Å². The molecule has 0 bridgehead atoms. The van der Waals surface area contributed by atoms with Crippen molar-refractivity contribution in [3.63, 3.8) is 0 Å². The number of nitrogens with one attached hydrogen (secondary N) is 1. The smallest absolute Gasteiger partial charge is 0.330 e. The van der Waals surface area contributed by atoms with E-state index in [1.165, 1.54) is 0 Å². The van der Waals surface area contributed by atoms with Gasteiger partial charge in [0, 0.05) is 18.5 Å². The summed E-state index contributed by atoms with van der Waals surface area (Å²) in [6.07, 6.45) is 0.474. The minimum Gasteiger partial charge on any atom is -0.479 e. The summed E-state index contributed by atoms with van der Waals surface area (Å²) in [5, 5.41) is 12.0. The maximum absolute atomic E-state index is 12.1. The van der Waals surface area contributed by atoms with Gasteiger partial charge in [0.1, 0.15) is 11.2 Å². The quantitative estimate of drug-likeness (QED) is 0.858. The Morgan fingerprint density at radius 2 is 2.22 bits per heavy atom. The van der Waals surface area contributed by atoms with E-state index < -0.39 is 11.5 Å². The summed E-state index contributed by atoms with van der Waals surface area (Å²) in [5.41, 5.74) is 0.343. The molecule has 6 heteroatoms. The lowest BCUT2D eigenvalue weighted by atomic mass is 9.99. The van der Waals surface area contributed by atoms with E-state index >= 15 is 0 Å². The second-order valence-electron chi connectivity index (χ2n) is 4.56. The van der Waals surface area contributed by atoms with Crippen LogP contribution in [0.5, 0.6) is 0 Å². The zero-order chi connectivity index (χ0) is 13.3. The van der Waals surface area contributed by atoms with Gasteiger partial charge in [0.2, 0.25) is 0 Å². The number of carboxylic acids is 1. The molecule has 1 amide bonds. The van der Waals surface area contributed by atoms with Gasteiger partial charge in [-0.2, -0.15) is 11.8 Å². The molecule has 2 rings (SSSR count). The number of aryl methyl sites for hydroxylation is 1. The van der Waals surface area contributed by atoms with Gasteiger partial charge in [-0.25, -0.2) is 4.79 Å². The molecule has 18 heavy (non-hydrogen) atoms. The Labute approximate surface area is 110 Å². The fourth-order valence-corrected chi connectivity index (χ4v) is 3.33. The third-order valence-electron chi connectivity index (χ3n) is 3.39. The number of rotatable bonds is 3. The minimum absolute atomic E-state index is 0.324. The number of carbonyl (C=O) groups excluding carboxylic acids is 1. The SMILES string of the molecule is Cc1ccc(C(=O)N[C@@]2(C(=O)O)CCSC2)n1C. The first-order valence-electron chi connectivity index (χ1n) is 5.72. The monoisotopic (exact) mass is 268 g/mol. The summed E-state index contributed by atoms with van der Waals surface area (Å²) in [6, 6.07) is 3.55. The van der Waals surface area contributed by atoms with Crippen molar-refractivity contribution in [1.29, 1.82) is 0 Å². The number of hydrogen-bond acceptors (Lipinski definition) is 3. The Hall–Kier alpha value is -1.43. The van der Waals surface area contributed by atoms with Crippen molar-refractivity contribution < 1.29 is 14.7 Å². The predicted molar refractivity (Wildman–Crippen MR) is 69.9 cm³/mol. The summed E-state index contributed by atoms with van der Waals surface area (Å²) < 4.78 is 1.76. The number of aliphatic carboxylic acids is 1. The lowest BCUT2D eigenvalue weighted by Crippen LogP contribution is -2.55. The summed E-state index contributed by atoms with van der Waals surface area (Å²) >= 11 is 1.55. The molecule has 0 unspecified atom stereocenters. The number of amides is 1. The van der Waals surface area contributed by atoms with Crippen LogP contribution in [0, 0.1) is 6.92 Å². The summed E-state index contributed by atoms with van der Waals surface area (Å²) in [6.45, 7) is 1.90. The molecule has 1 saturated heterocycles. The molecular weight excluding hydrogens is 252 g/mol. The predicted octanol–water partition coefficient (Wildman–Crippen LogP) is 1.02. The van der Waals surface area contributed by atoms with Gasteiger partial charge in [-0.15, -0.1) is 0 Å². The third-order valence-corrected chi connectivity index (χ3v) is 4.58. The van der Waals surface area contributed by atoms with Gasteiger partial charge in [0.25, 0.3) is 5.91 Å². The standard InChI is InChI=1S/C12H16N2O3S/c1-8-3-4-9(14(8)2)10(15)13-12(11(16)17)5-6-18-7-12/h3-4H,5-7H2,1-2H3,(H,13,15)(H,16,17)/t12-/m0/s1. The highest BCUT2D eigenvalue weighted by Gasteiger charge is 2.43. The fraction of sp³-hybridized carbons (Fsp3) is 0.500. The number of aromatic nitrogens is 1. The van der Waals surface area contributed by atoms with E-state index in [1.54, 1.807) is 29.4 Å². The van der Waals surface area contributed by atoms with Crippen molar-refractivity contribution in [3.05, 3.63) is 23.5 Å². The van der Waals surface area contributed by atoms with Crippen LogP contribution in [0.3, 0.4) is 0 Å². The molecule has 0 aliphatic carbocycles. The average molecular weight is 268 g/mol. The highest BCUT2D eigenvalue weighted by Crippen LogP contribution is 2.28. The number of carboxylic acid groups (broad SMARTS) is 1. The molecule has 1 fully saturated rings. The van der Waals surface area contributed by atoms with Crippen LogP contribution in [-0.2, 0) is 11.8 Å². The van der Waals surface area contributed by atoms with Gasteiger partial charge in [0.15, 0.2) is 0 Å². The van der Waals surface area contributed by atoms with Crippen molar-refractivity contribution in [3.8, 4) is 0 Å². The Balaban J connectivity index is 2.20. The van der Waals surface area contributed by atoms with E-state index in [4.69, 9.17) is 0 Å². The molecule has 0 spiro atoms. The second kappa shape index (κ2) is 4.68. The first kappa shape index (κ1) is 13.0. The molecular formula is C12H16N2O3S. The molecule has 0 saturated carbocycles. The largest absolute Gasteiger partial charge is 0.479 e. The molecule has 1 aliphatic rings. The van der Waals surface area contributed by atoms with E-state index in [0.29, 0.717) is 17.9 Å². The van der Waals surface area contributed by atoms with E-state index in [1.807, 2.05) is 13.0 Å². The first-order chi connectivity index (χ1) is 8.46. The number of thioether (sulfide) groups is 1.